The Hall–Kier alpha value is -2.91. The predicted molar refractivity (Wildman–Crippen MR) is 284 cm³/mol. The van der Waals surface area contributed by atoms with Crippen molar-refractivity contribution in [3.05, 3.63) is 0 Å². The maximum absolute atomic E-state index is 13.1. The first kappa shape index (κ1) is 75.5. The molecule has 39 nitrogen and oxygen atoms in total. The highest BCUT2D eigenvalue weighted by atomic mass is 16.8. The second-order valence-corrected chi connectivity index (χ2v) is 23.4. The first-order chi connectivity index (χ1) is 43.0. The van der Waals surface area contributed by atoms with Crippen molar-refractivity contribution in [2.24, 2.45) is 5.92 Å². The van der Waals surface area contributed by atoms with Gasteiger partial charge in [0.1, 0.15) is 159 Å². The largest absolute Gasteiger partial charge is 0.477 e. The summed E-state index contributed by atoms with van der Waals surface area (Å²) in [5, 5.41) is 223. The van der Waals surface area contributed by atoms with E-state index in [1.54, 1.807) is 0 Å². The van der Waals surface area contributed by atoms with E-state index in [2.05, 4.69) is 10.6 Å². The molecule has 7 aliphatic rings. The molecule has 0 aromatic heterocycles. The van der Waals surface area contributed by atoms with Crippen LogP contribution < -0.4 is 10.6 Å². The molecule has 7 aliphatic heterocycles. The molecule has 39 heteroatoms. The number of carboxylic acids is 1. The molecular formula is C52H88N2O37. The van der Waals surface area contributed by atoms with Crippen LogP contribution in [0.2, 0.25) is 0 Å². The molecule has 7 saturated heterocycles. The summed E-state index contributed by atoms with van der Waals surface area (Å²) in [5.74, 6) is -7.81. The standard InChI is InChI=1S/C52H88N2O37/c1-14-18(63)6-52(51(76)77,90-39(14)29(66)19(64)7-55)91-44-32(69)22(10-58)82-50(45(44)78-5)87-41-24(12-60)84-47(27(35(41)72)54-17(4)62)89-43-33(70)25(13-79-48-37(74)36(73)30(67)20(8-56)81-48)85-49(38(43)75)86-40-23(11-59)83-46(26(34(40)71)53-16(3)61)88-42-28(65)15(2)80-21(9-57)31(42)68/h14-15,18-50,55-60,63-75H,6-13H2,1-5H3,(H,53,61)(H,54,62)(H,76,77)/t14-,15+,18-,19?,20?,21?,22?,23?,24?,25?,26?,27?,28?,29?,30-,31-,32+,33+,34-,35-,36+,37?,38?,39?,40+,41+,42-,43+,44+,45?,46+,47+,48-,49+,50+,52+/m1/s1. The van der Waals surface area contributed by atoms with Gasteiger partial charge in [0.2, 0.25) is 11.8 Å². The Labute approximate surface area is 517 Å². The van der Waals surface area contributed by atoms with Crippen LogP contribution in [0, 0.1) is 5.92 Å². The number of nitrogens with one attached hydrogen (secondary N) is 2. The van der Waals surface area contributed by atoms with Crippen molar-refractivity contribution >= 4 is 17.8 Å². The zero-order chi connectivity index (χ0) is 67.4. The molecule has 0 aromatic carbocycles. The Bertz CT molecular complexity index is 2310. The lowest BCUT2D eigenvalue weighted by atomic mass is 9.84. The smallest absolute Gasteiger partial charge is 0.364 e. The molecule has 0 radical (unpaired) electrons. The summed E-state index contributed by atoms with van der Waals surface area (Å²) in [4.78, 5) is 38.8. The highest BCUT2D eigenvalue weighted by molar-refractivity contribution is 5.76. The molecule has 0 aliphatic carbocycles. The molecule has 7 fully saturated rings. The Balaban J connectivity index is 1.18. The Morgan fingerprint density at radius 2 is 0.934 bits per heavy atom. The number of methoxy groups -OCH3 is 1. The van der Waals surface area contributed by atoms with Crippen molar-refractivity contribution in [2.75, 3.05) is 53.4 Å². The Kier molecular flexibility index (Phi) is 26.9. The quantitative estimate of drug-likeness (QED) is 0.0404. The van der Waals surface area contributed by atoms with E-state index in [4.69, 9.17) is 66.3 Å². The summed E-state index contributed by atoms with van der Waals surface area (Å²) in [7, 11) is 0.994. The zero-order valence-electron chi connectivity index (χ0n) is 49.7. The second-order valence-electron chi connectivity index (χ2n) is 23.4. The first-order valence-electron chi connectivity index (χ1n) is 29.3. The van der Waals surface area contributed by atoms with E-state index in [0.29, 0.717) is 0 Å². The summed E-state index contributed by atoms with van der Waals surface area (Å²) in [5.41, 5.74) is 0. The van der Waals surface area contributed by atoms with E-state index in [9.17, 15) is 117 Å². The first-order valence-corrected chi connectivity index (χ1v) is 29.3. The lowest BCUT2D eigenvalue weighted by Gasteiger charge is -2.52. The van der Waals surface area contributed by atoms with Gasteiger partial charge in [0.15, 0.2) is 31.5 Å². The number of aliphatic carboxylic acids is 1. The molecular weight excluding hydrogens is 1240 g/mol. The number of carboxylic acid groups (broad SMARTS) is 1. The predicted octanol–water partition coefficient (Wildman–Crippen LogP) is -13.8. The molecule has 0 saturated carbocycles. The summed E-state index contributed by atoms with van der Waals surface area (Å²) in [6, 6.07) is -3.66. The number of hydrogen-bond donors (Lipinski definition) is 22. The van der Waals surface area contributed by atoms with E-state index in [1.807, 2.05) is 0 Å². The second kappa shape index (κ2) is 32.4. The monoisotopic (exact) mass is 1330 g/mol. The minimum atomic E-state index is -3.00. The third-order valence-electron chi connectivity index (χ3n) is 17.2. The molecule has 7 rings (SSSR count). The van der Waals surface area contributed by atoms with Crippen LogP contribution in [0.4, 0.5) is 0 Å². The van der Waals surface area contributed by atoms with E-state index in [-0.39, 0.29) is 0 Å². The number of hydrogen-bond acceptors (Lipinski definition) is 36. The zero-order valence-corrected chi connectivity index (χ0v) is 49.7. The van der Waals surface area contributed by atoms with Gasteiger partial charge in [0, 0.05) is 33.3 Å². The van der Waals surface area contributed by atoms with Crippen molar-refractivity contribution in [1.29, 1.82) is 0 Å². The van der Waals surface area contributed by atoms with Crippen LogP contribution in [0.5, 0.6) is 0 Å². The van der Waals surface area contributed by atoms with Gasteiger partial charge in [0.25, 0.3) is 5.79 Å². The topological polar surface area (TPSA) is 609 Å². The number of amides is 2. The third-order valence-corrected chi connectivity index (χ3v) is 17.2. The van der Waals surface area contributed by atoms with E-state index in [0.717, 1.165) is 21.0 Å². The number of aliphatic hydroxyl groups is 19. The minimum Gasteiger partial charge on any atom is -0.477 e. The van der Waals surface area contributed by atoms with Crippen LogP contribution in [0.3, 0.4) is 0 Å². The van der Waals surface area contributed by atoms with E-state index >= 15 is 0 Å². The lowest BCUT2D eigenvalue weighted by molar-refractivity contribution is -0.393. The minimum absolute atomic E-state index is 0.741. The maximum atomic E-state index is 13.1. The average Bonchev–Trinajstić information content (AvgIpc) is 0.786. The number of carbonyl (C=O) groups excluding carboxylic acids is 2. The molecule has 36 atom stereocenters. The van der Waals surface area contributed by atoms with Gasteiger partial charge in [-0.2, -0.15) is 0 Å². The van der Waals surface area contributed by atoms with E-state index < -0.39 is 290 Å². The van der Waals surface area contributed by atoms with Gasteiger partial charge in [-0.3, -0.25) is 9.59 Å². The molecule has 0 bridgehead atoms. The van der Waals surface area contributed by atoms with Crippen LogP contribution in [0.15, 0.2) is 0 Å². The SMILES string of the molecule is COC1[C@H](O[C@H]2C(CO)O[C@@H](O[C@@H]3C(O)[C@H](O[C@H]4C(CO)O[C@@H](O[C@@H]5C(O)[C@H](C)OC(CO)[C@H]5O)C(NC(C)=O)[C@H]4O)OC(CO[C@@H]4OC(CO)[C@@H](O)[C@H](O)C4O)[C@@H]3O)C(NC(C)=O)[C@H]2O)OC(CO)[C@H](O)[C@@H]1O[C@]1(C(=O)O)C[C@@H](O)[C@@H](C)C(C(O)C(O)CO)O1. The van der Waals surface area contributed by atoms with Gasteiger partial charge in [-0.05, 0) is 6.92 Å². The van der Waals surface area contributed by atoms with Crippen LogP contribution in [0.25, 0.3) is 0 Å². The normalized spacial score (nSPS) is 48.1. The van der Waals surface area contributed by atoms with Gasteiger partial charge in [-0.1, -0.05) is 6.92 Å². The van der Waals surface area contributed by atoms with Crippen molar-refractivity contribution in [1.82, 2.24) is 10.6 Å². The van der Waals surface area contributed by atoms with Crippen LogP contribution >= 0.6 is 0 Å². The molecule has 22 N–H and O–H groups in total. The van der Waals surface area contributed by atoms with Crippen molar-refractivity contribution < 1.29 is 183 Å². The fourth-order valence-corrected chi connectivity index (χ4v) is 12.0. The molecule has 0 aromatic rings. The van der Waals surface area contributed by atoms with Gasteiger partial charge in [-0.15, -0.1) is 0 Å². The summed E-state index contributed by atoms with van der Waals surface area (Å²) < 4.78 is 82.1. The van der Waals surface area contributed by atoms with Crippen LogP contribution in [0.1, 0.15) is 34.1 Å². The Morgan fingerprint density at radius 3 is 1.43 bits per heavy atom. The fraction of sp³-hybridized carbons (Fsp3) is 0.942. The van der Waals surface area contributed by atoms with Crippen molar-refractivity contribution in [2.45, 2.75) is 248 Å². The van der Waals surface area contributed by atoms with Crippen LogP contribution in [-0.2, 0) is 80.7 Å². The number of aliphatic hydroxyl groups excluding tert-OH is 19. The Morgan fingerprint density at radius 1 is 0.495 bits per heavy atom. The molecule has 15 unspecified atom stereocenters. The molecule has 7 heterocycles. The van der Waals surface area contributed by atoms with Gasteiger partial charge < -0.3 is 179 Å². The number of ether oxygens (including phenoxy) is 14. The molecule has 0 spiro atoms. The van der Waals surface area contributed by atoms with Crippen molar-refractivity contribution in [3.8, 4) is 0 Å². The van der Waals surface area contributed by atoms with Crippen LogP contribution in [-0.4, -0.2) is 387 Å². The summed E-state index contributed by atoms with van der Waals surface area (Å²) in [6.07, 6.45) is -61.2. The average molecular weight is 1330 g/mol. The number of carbonyl (C=O) groups is 3. The van der Waals surface area contributed by atoms with Crippen molar-refractivity contribution in [3.63, 3.8) is 0 Å². The van der Waals surface area contributed by atoms with Gasteiger partial charge >= 0.3 is 5.97 Å². The fourth-order valence-electron chi connectivity index (χ4n) is 12.0. The lowest BCUT2D eigenvalue weighted by Crippen LogP contribution is -2.71. The third kappa shape index (κ3) is 16.2. The molecule has 91 heavy (non-hydrogen) atoms. The van der Waals surface area contributed by atoms with E-state index in [1.165, 1.54) is 13.8 Å². The highest BCUT2D eigenvalue weighted by Crippen LogP contribution is 2.42. The summed E-state index contributed by atoms with van der Waals surface area (Å²) >= 11 is 0. The van der Waals surface area contributed by atoms with Gasteiger partial charge in [0.05, 0.1) is 64.6 Å². The summed E-state index contributed by atoms with van der Waals surface area (Å²) in [6.45, 7) is -2.19. The van der Waals surface area contributed by atoms with Gasteiger partial charge in [-0.25, -0.2) is 4.79 Å². The maximum Gasteiger partial charge on any atom is 0.364 e. The number of rotatable bonds is 25. The molecule has 528 valence electrons. The highest BCUT2D eigenvalue weighted by Gasteiger charge is 2.62. The molecule has 2 amide bonds.